The van der Waals surface area contributed by atoms with Crippen LogP contribution in [0.3, 0.4) is 0 Å². The number of hydrogen-bond acceptors (Lipinski definition) is 4. The molecule has 0 atom stereocenters. The van der Waals surface area contributed by atoms with Gasteiger partial charge in [-0.3, -0.25) is 0 Å². The predicted octanol–water partition coefficient (Wildman–Crippen LogP) is 3.38. The lowest BCUT2D eigenvalue weighted by Gasteiger charge is -2.04. The monoisotopic (exact) mass is 361 g/mol. The van der Waals surface area contributed by atoms with Gasteiger partial charge in [-0.2, -0.15) is 4.98 Å². The molecule has 0 bridgehead atoms. The number of ether oxygens (including phenoxy) is 1. The first-order valence-electron chi connectivity index (χ1n) is 4.97. The molecule has 0 N–H and O–H groups in total. The van der Waals surface area contributed by atoms with Gasteiger partial charge in [-0.05, 0) is 24.6 Å². The van der Waals surface area contributed by atoms with Gasteiger partial charge >= 0.3 is 11.7 Å². The molecule has 0 radical (unpaired) electrons. The number of rotatable bonds is 3. The van der Waals surface area contributed by atoms with E-state index in [0.717, 1.165) is 5.56 Å². The molecular weight excluding hydrogens is 354 g/mol. The summed E-state index contributed by atoms with van der Waals surface area (Å²) in [4.78, 5) is 15.8. The Hall–Kier alpha value is -0.880. The van der Waals surface area contributed by atoms with Gasteiger partial charge < -0.3 is 9.15 Å². The van der Waals surface area contributed by atoms with Crippen LogP contribution in [0.5, 0.6) is 6.08 Å². The van der Waals surface area contributed by atoms with Crippen molar-refractivity contribution in [2.75, 3.05) is 6.61 Å². The molecule has 4 nitrogen and oxygen atoms in total. The lowest BCUT2D eigenvalue weighted by Crippen LogP contribution is -2.05. The zero-order chi connectivity index (χ0) is 12.4. The van der Waals surface area contributed by atoms with Crippen molar-refractivity contribution in [2.24, 2.45) is 0 Å². The fraction of sp³-hybridized carbons (Fsp3) is 0.273. The van der Waals surface area contributed by atoms with Crippen molar-refractivity contribution >= 4 is 42.8 Å². The van der Waals surface area contributed by atoms with Gasteiger partial charge in [0.2, 0.25) is 0 Å². The molecule has 1 aromatic carbocycles. The van der Waals surface area contributed by atoms with Crippen LogP contribution in [0.25, 0.3) is 10.9 Å². The first-order chi connectivity index (χ1) is 8.11. The van der Waals surface area contributed by atoms with Crippen LogP contribution in [0, 0.1) is 0 Å². The van der Waals surface area contributed by atoms with Gasteiger partial charge in [-0.1, -0.05) is 37.9 Å². The minimum Gasteiger partial charge on any atom is -0.450 e. The summed E-state index contributed by atoms with van der Waals surface area (Å²) in [6, 6.07) is 5.33. The fourth-order valence-corrected chi connectivity index (χ4v) is 1.96. The van der Waals surface area contributed by atoms with Gasteiger partial charge in [0.15, 0.2) is 0 Å². The van der Waals surface area contributed by atoms with Crippen LogP contribution in [-0.4, -0.2) is 11.6 Å². The van der Waals surface area contributed by atoms with Gasteiger partial charge in [0.05, 0.1) is 21.2 Å². The third kappa shape index (κ3) is 2.69. The van der Waals surface area contributed by atoms with Crippen molar-refractivity contribution in [1.29, 1.82) is 0 Å². The topological polar surface area (TPSA) is 52.3 Å². The molecule has 0 saturated heterocycles. The van der Waals surface area contributed by atoms with Gasteiger partial charge in [0, 0.05) is 0 Å². The summed E-state index contributed by atoms with van der Waals surface area (Å²) in [5.74, 6) is 0. The Kier molecular flexibility index (Phi) is 3.83. The van der Waals surface area contributed by atoms with Gasteiger partial charge in [0.25, 0.3) is 0 Å². The maximum atomic E-state index is 11.6. The molecule has 1 aromatic heterocycles. The Balaban J connectivity index is 2.62. The highest BCUT2D eigenvalue weighted by atomic mass is 79.9. The van der Waals surface area contributed by atoms with Crippen molar-refractivity contribution in [3.05, 3.63) is 34.2 Å². The van der Waals surface area contributed by atoms with Crippen LogP contribution in [0.4, 0.5) is 0 Å². The Labute approximate surface area is 114 Å². The molecule has 1 heterocycles. The van der Waals surface area contributed by atoms with E-state index in [1.165, 1.54) is 0 Å². The Bertz CT molecular complexity index is 595. The number of alkyl halides is 2. The standard InChI is InChI=1S/C11H9Br2NO3/c1-2-16-11-14-8-5-6(9(12)13)3-4-7(8)10(15)17-11/h3-5,9H,2H2,1H3. The molecule has 2 aromatic rings. The summed E-state index contributed by atoms with van der Waals surface area (Å²) in [5, 5.41) is 0.442. The molecule has 0 amide bonds. The summed E-state index contributed by atoms with van der Waals surface area (Å²) < 4.78 is 10.0. The lowest BCUT2D eigenvalue weighted by molar-refractivity contribution is 0.229. The van der Waals surface area contributed by atoms with Crippen LogP contribution in [0.1, 0.15) is 16.2 Å². The van der Waals surface area contributed by atoms with Crippen LogP contribution in [0.2, 0.25) is 0 Å². The first kappa shape index (κ1) is 12.6. The zero-order valence-corrected chi connectivity index (χ0v) is 12.1. The SMILES string of the molecule is CCOc1nc2cc(C(Br)Br)ccc2c(=O)o1. The van der Waals surface area contributed by atoms with E-state index in [0.29, 0.717) is 17.5 Å². The molecule has 0 spiro atoms. The number of aromatic nitrogens is 1. The molecular formula is C11H9Br2NO3. The predicted molar refractivity (Wildman–Crippen MR) is 72.0 cm³/mol. The van der Waals surface area contributed by atoms with E-state index in [2.05, 4.69) is 36.8 Å². The summed E-state index contributed by atoms with van der Waals surface area (Å²) in [6.07, 6.45) is 0.00263. The minimum absolute atomic E-state index is 0.00263. The second-order valence-corrected chi connectivity index (χ2v) is 6.34. The lowest BCUT2D eigenvalue weighted by atomic mass is 10.2. The molecule has 0 unspecified atom stereocenters. The third-order valence-corrected chi connectivity index (χ3v) is 3.21. The molecule has 2 rings (SSSR count). The summed E-state index contributed by atoms with van der Waals surface area (Å²) in [6.45, 7) is 2.20. The van der Waals surface area contributed by atoms with Crippen molar-refractivity contribution in [1.82, 2.24) is 4.98 Å². The average molecular weight is 363 g/mol. The first-order valence-corrected chi connectivity index (χ1v) is 6.80. The van der Waals surface area contributed by atoms with Crippen LogP contribution >= 0.6 is 31.9 Å². The average Bonchev–Trinajstić information content (AvgIpc) is 2.28. The number of halogens is 2. The number of hydrogen-bond donors (Lipinski definition) is 0. The molecule has 6 heteroatoms. The minimum atomic E-state index is -0.439. The van der Waals surface area contributed by atoms with E-state index in [4.69, 9.17) is 9.15 Å². The maximum Gasteiger partial charge on any atom is 0.397 e. The van der Waals surface area contributed by atoms with E-state index in [1.54, 1.807) is 13.0 Å². The molecule has 0 saturated carbocycles. The van der Waals surface area contributed by atoms with E-state index in [-0.39, 0.29) is 9.81 Å². The van der Waals surface area contributed by atoms with Crippen LogP contribution < -0.4 is 10.4 Å². The highest BCUT2D eigenvalue weighted by molar-refractivity contribution is 9.24. The third-order valence-electron chi connectivity index (χ3n) is 2.15. The maximum absolute atomic E-state index is 11.6. The Morgan fingerprint density at radius 1 is 1.47 bits per heavy atom. The van der Waals surface area contributed by atoms with Crippen molar-refractivity contribution in [3.63, 3.8) is 0 Å². The van der Waals surface area contributed by atoms with E-state index < -0.39 is 5.63 Å². The van der Waals surface area contributed by atoms with Crippen molar-refractivity contribution in [3.8, 4) is 6.08 Å². The highest BCUT2D eigenvalue weighted by Crippen LogP contribution is 2.30. The summed E-state index contributed by atoms with van der Waals surface area (Å²) >= 11 is 6.78. The normalized spacial score (nSPS) is 11.1. The van der Waals surface area contributed by atoms with Gasteiger partial charge in [-0.15, -0.1) is 0 Å². The molecule has 0 aliphatic carbocycles. The van der Waals surface area contributed by atoms with Crippen molar-refractivity contribution < 1.29 is 9.15 Å². The Morgan fingerprint density at radius 2 is 2.24 bits per heavy atom. The van der Waals surface area contributed by atoms with Gasteiger partial charge in [-0.25, -0.2) is 4.79 Å². The Morgan fingerprint density at radius 3 is 2.88 bits per heavy atom. The molecule has 0 aliphatic heterocycles. The summed E-state index contributed by atoms with van der Waals surface area (Å²) in [7, 11) is 0. The largest absolute Gasteiger partial charge is 0.450 e. The van der Waals surface area contributed by atoms with E-state index >= 15 is 0 Å². The van der Waals surface area contributed by atoms with Crippen LogP contribution in [-0.2, 0) is 0 Å². The van der Waals surface area contributed by atoms with Crippen LogP contribution in [0.15, 0.2) is 27.4 Å². The molecule has 0 fully saturated rings. The smallest absolute Gasteiger partial charge is 0.397 e. The second kappa shape index (κ2) is 5.18. The highest BCUT2D eigenvalue weighted by Gasteiger charge is 2.09. The fourth-order valence-electron chi connectivity index (χ4n) is 1.39. The number of fused-ring (bicyclic) bond motifs is 1. The molecule has 17 heavy (non-hydrogen) atoms. The van der Waals surface area contributed by atoms with E-state index in [9.17, 15) is 4.79 Å². The van der Waals surface area contributed by atoms with E-state index in [1.807, 2.05) is 12.1 Å². The molecule has 90 valence electrons. The number of benzene rings is 1. The van der Waals surface area contributed by atoms with Crippen molar-refractivity contribution in [2.45, 2.75) is 10.7 Å². The number of nitrogens with zero attached hydrogens (tertiary/aromatic N) is 1. The van der Waals surface area contributed by atoms with Gasteiger partial charge in [0.1, 0.15) is 0 Å². The summed E-state index contributed by atoms with van der Waals surface area (Å²) in [5.41, 5.74) is 1.09. The second-order valence-electron chi connectivity index (χ2n) is 3.28. The molecule has 0 aliphatic rings. The quantitative estimate of drug-likeness (QED) is 0.785. The zero-order valence-electron chi connectivity index (χ0n) is 8.94.